The summed E-state index contributed by atoms with van der Waals surface area (Å²) in [6, 6.07) is 11.8. The highest BCUT2D eigenvalue weighted by molar-refractivity contribution is 7.09. The molecule has 2 aromatic heterocycles. The van der Waals surface area contributed by atoms with Crippen LogP contribution in [0.4, 0.5) is 0 Å². The van der Waals surface area contributed by atoms with Crippen molar-refractivity contribution in [1.29, 1.82) is 0 Å². The van der Waals surface area contributed by atoms with Gasteiger partial charge in [0.15, 0.2) is 0 Å². The van der Waals surface area contributed by atoms with Crippen molar-refractivity contribution in [1.82, 2.24) is 15.3 Å². The molecule has 0 bridgehead atoms. The lowest BCUT2D eigenvalue weighted by Crippen LogP contribution is -2.32. The first kappa shape index (κ1) is 19.2. The fourth-order valence-corrected chi connectivity index (χ4v) is 3.47. The average Bonchev–Trinajstić information content (AvgIpc) is 3.13. The second-order valence-corrected chi connectivity index (χ2v) is 7.61. The Hall–Kier alpha value is -2.57. The summed E-state index contributed by atoms with van der Waals surface area (Å²) in [5.41, 5.74) is 4.03. The first-order valence-electron chi connectivity index (χ1n) is 8.92. The molecular formula is C21H23N3O2S. The van der Waals surface area contributed by atoms with Crippen molar-refractivity contribution in [2.75, 3.05) is 13.2 Å². The molecule has 1 atom stereocenters. The third-order valence-electron chi connectivity index (χ3n) is 4.33. The second-order valence-electron chi connectivity index (χ2n) is 6.54. The molecule has 0 aliphatic rings. The maximum Gasteiger partial charge on any atom is 0.224 e. The Morgan fingerprint density at radius 3 is 2.67 bits per heavy atom. The molecule has 3 rings (SSSR count). The number of pyridine rings is 1. The summed E-state index contributed by atoms with van der Waals surface area (Å²) in [6.45, 7) is 2.46. The number of carbonyl (C=O) groups excluding carboxylic acids is 1. The molecule has 0 spiro atoms. The van der Waals surface area contributed by atoms with E-state index < -0.39 is 0 Å². The van der Waals surface area contributed by atoms with Gasteiger partial charge in [-0.25, -0.2) is 4.98 Å². The largest absolute Gasteiger partial charge is 0.396 e. The van der Waals surface area contributed by atoms with Gasteiger partial charge in [-0.15, -0.1) is 11.3 Å². The van der Waals surface area contributed by atoms with Crippen LogP contribution in [-0.2, 0) is 17.6 Å². The Bertz CT molecular complexity index is 863. The molecule has 2 heterocycles. The van der Waals surface area contributed by atoms with E-state index in [0.29, 0.717) is 19.4 Å². The van der Waals surface area contributed by atoms with Crippen LogP contribution in [0.15, 0.2) is 54.2 Å². The van der Waals surface area contributed by atoms with Crippen LogP contribution in [0.1, 0.15) is 16.1 Å². The molecule has 5 nitrogen and oxygen atoms in total. The van der Waals surface area contributed by atoms with Gasteiger partial charge in [0.25, 0.3) is 0 Å². The first-order valence-corrected chi connectivity index (χ1v) is 9.80. The van der Waals surface area contributed by atoms with Crippen molar-refractivity contribution in [2.45, 2.75) is 19.8 Å². The van der Waals surface area contributed by atoms with Crippen LogP contribution >= 0.6 is 11.3 Å². The highest BCUT2D eigenvalue weighted by Crippen LogP contribution is 2.21. The number of nitrogens with zero attached hydrogens (tertiary/aromatic N) is 2. The monoisotopic (exact) mass is 381 g/mol. The number of thiazole rings is 1. The molecule has 1 aromatic carbocycles. The number of rotatable bonds is 8. The van der Waals surface area contributed by atoms with E-state index >= 15 is 0 Å². The minimum Gasteiger partial charge on any atom is -0.396 e. The van der Waals surface area contributed by atoms with Gasteiger partial charge in [0.1, 0.15) is 0 Å². The summed E-state index contributed by atoms with van der Waals surface area (Å²) in [6.07, 6.45) is 4.52. The van der Waals surface area contributed by atoms with Crippen molar-refractivity contribution in [2.24, 2.45) is 5.92 Å². The second kappa shape index (κ2) is 9.39. The van der Waals surface area contributed by atoms with Crippen molar-refractivity contribution in [3.05, 3.63) is 70.3 Å². The lowest BCUT2D eigenvalue weighted by molar-refractivity contribution is -0.120. The maximum absolute atomic E-state index is 12.2. The van der Waals surface area contributed by atoms with Gasteiger partial charge < -0.3 is 10.4 Å². The van der Waals surface area contributed by atoms with Gasteiger partial charge in [0.2, 0.25) is 5.91 Å². The van der Waals surface area contributed by atoms with Crippen molar-refractivity contribution < 1.29 is 9.90 Å². The number of amides is 1. The molecule has 0 aliphatic carbocycles. The van der Waals surface area contributed by atoms with Gasteiger partial charge >= 0.3 is 0 Å². The van der Waals surface area contributed by atoms with E-state index in [-0.39, 0.29) is 18.4 Å². The zero-order chi connectivity index (χ0) is 19.1. The van der Waals surface area contributed by atoms with E-state index in [4.69, 9.17) is 0 Å². The zero-order valence-corrected chi connectivity index (χ0v) is 16.1. The summed E-state index contributed by atoms with van der Waals surface area (Å²) in [4.78, 5) is 20.8. The minimum absolute atomic E-state index is 0.0200. The standard InChI is InChI=1S/C21H23N3O2S/c1-15-24-20(14-27-15)19-6-4-16(5-7-19)10-21(26)23-12-18(13-25)9-17-3-2-8-22-11-17/h2-8,11,14,18,25H,9-10,12-13H2,1H3,(H,23,26). The predicted molar refractivity (Wildman–Crippen MR) is 108 cm³/mol. The van der Waals surface area contributed by atoms with Gasteiger partial charge in [0.05, 0.1) is 17.1 Å². The molecular weight excluding hydrogens is 358 g/mol. The number of aliphatic hydroxyl groups excluding tert-OH is 1. The van der Waals surface area contributed by atoms with E-state index in [9.17, 15) is 9.90 Å². The van der Waals surface area contributed by atoms with Gasteiger partial charge in [-0.2, -0.15) is 0 Å². The van der Waals surface area contributed by atoms with E-state index in [1.165, 1.54) is 0 Å². The zero-order valence-electron chi connectivity index (χ0n) is 15.3. The molecule has 1 unspecified atom stereocenters. The number of carbonyl (C=O) groups is 1. The van der Waals surface area contributed by atoms with Gasteiger partial charge in [-0.3, -0.25) is 9.78 Å². The molecule has 0 saturated heterocycles. The summed E-state index contributed by atoms with van der Waals surface area (Å²) >= 11 is 1.63. The molecule has 6 heteroatoms. The highest BCUT2D eigenvalue weighted by atomic mass is 32.1. The number of aryl methyl sites for hydroxylation is 1. The SMILES string of the molecule is Cc1nc(-c2ccc(CC(=O)NCC(CO)Cc3cccnc3)cc2)cs1. The number of benzene rings is 1. The number of aromatic nitrogens is 2. The normalized spacial score (nSPS) is 11.9. The Morgan fingerprint density at radius 1 is 1.22 bits per heavy atom. The number of aliphatic hydroxyl groups is 1. The molecule has 140 valence electrons. The summed E-state index contributed by atoms with van der Waals surface area (Å²) < 4.78 is 0. The molecule has 0 aliphatic heterocycles. The molecule has 3 aromatic rings. The van der Waals surface area contributed by atoms with Crippen LogP contribution in [-0.4, -0.2) is 34.1 Å². The fraction of sp³-hybridized carbons (Fsp3) is 0.286. The molecule has 1 amide bonds. The van der Waals surface area contributed by atoms with Gasteiger partial charge in [-0.1, -0.05) is 30.3 Å². The van der Waals surface area contributed by atoms with Crippen LogP contribution in [0.5, 0.6) is 0 Å². The van der Waals surface area contributed by atoms with E-state index in [2.05, 4.69) is 15.3 Å². The van der Waals surface area contributed by atoms with Crippen molar-refractivity contribution in [3.63, 3.8) is 0 Å². The first-order chi connectivity index (χ1) is 13.1. The molecule has 0 fully saturated rings. The Kier molecular flexibility index (Phi) is 6.68. The predicted octanol–water partition coefficient (Wildman–Crippen LogP) is 3.02. The highest BCUT2D eigenvalue weighted by Gasteiger charge is 2.11. The molecule has 0 radical (unpaired) electrons. The minimum atomic E-state index is -0.0445. The topological polar surface area (TPSA) is 75.1 Å². The molecule has 2 N–H and O–H groups in total. The van der Waals surface area contributed by atoms with E-state index in [1.54, 1.807) is 23.7 Å². The molecule has 0 saturated carbocycles. The van der Waals surface area contributed by atoms with Crippen LogP contribution in [0.3, 0.4) is 0 Å². The number of hydrogen-bond donors (Lipinski definition) is 2. The van der Waals surface area contributed by atoms with Crippen molar-refractivity contribution >= 4 is 17.2 Å². The Labute approximate surface area is 163 Å². The fourth-order valence-electron chi connectivity index (χ4n) is 2.85. The average molecular weight is 382 g/mol. The third-order valence-corrected chi connectivity index (χ3v) is 5.10. The quantitative estimate of drug-likeness (QED) is 0.629. The lowest BCUT2D eigenvalue weighted by Gasteiger charge is -2.15. The number of hydrogen-bond acceptors (Lipinski definition) is 5. The van der Waals surface area contributed by atoms with Crippen LogP contribution in [0.25, 0.3) is 11.3 Å². The van der Waals surface area contributed by atoms with Gasteiger partial charge in [0, 0.05) is 42.4 Å². The summed E-state index contributed by atoms with van der Waals surface area (Å²) in [5.74, 6) is -0.0645. The number of nitrogens with one attached hydrogen (secondary N) is 1. The summed E-state index contributed by atoms with van der Waals surface area (Å²) in [7, 11) is 0. The Morgan fingerprint density at radius 2 is 2.04 bits per heavy atom. The molecule has 27 heavy (non-hydrogen) atoms. The Balaban J connectivity index is 1.49. The van der Waals surface area contributed by atoms with Crippen molar-refractivity contribution in [3.8, 4) is 11.3 Å². The van der Waals surface area contributed by atoms with Crippen LogP contribution in [0.2, 0.25) is 0 Å². The third kappa shape index (κ3) is 5.70. The van der Waals surface area contributed by atoms with E-state index in [1.807, 2.05) is 48.7 Å². The van der Waals surface area contributed by atoms with Crippen LogP contribution < -0.4 is 5.32 Å². The summed E-state index contributed by atoms with van der Waals surface area (Å²) in [5, 5.41) is 15.6. The van der Waals surface area contributed by atoms with E-state index in [0.717, 1.165) is 27.4 Å². The lowest BCUT2D eigenvalue weighted by atomic mass is 10.0. The van der Waals surface area contributed by atoms with Crippen LogP contribution in [0, 0.1) is 12.8 Å². The van der Waals surface area contributed by atoms with Gasteiger partial charge in [-0.05, 0) is 30.5 Å². The smallest absolute Gasteiger partial charge is 0.224 e. The maximum atomic E-state index is 12.2.